The minimum absolute atomic E-state index is 0.843. The summed E-state index contributed by atoms with van der Waals surface area (Å²) in [5.41, 5.74) is 0. The predicted molar refractivity (Wildman–Crippen MR) is 65.1 cm³/mol. The second-order valence-corrected chi connectivity index (χ2v) is 5.20. The van der Waals surface area contributed by atoms with Gasteiger partial charge in [-0.15, -0.1) is 0 Å². The molecular weight excluding hydrogens is 289 g/mol. The Morgan fingerprint density at radius 1 is 1.57 bits per heavy atom. The van der Waals surface area contributed by atoms with Crippen LogP contribution in [0.15, 0.2) is 12.5 Å². The Bertz CT molecular complexity index is 310. The van der Waals surface area contributed by atoms with Gasteiger partial charge in [0.1, 0.15) is 12.1 Å². The smallest absolute Gasteiger partial charge is 0.142 e. The van der Waals surface area contributed by atoms with Crippen LogP contribution in [-0.4, -0.2) is 16.5 Å². The molecule has 2 rings (SSSR count). The van der Waals surface area contributed by atoms with E-state index in [4.69, 9.17) is 0 Å². The fourth-order valence-electron chi connectivity index (χ4n) is 1.92. The maximum Gasteiger partial charge on any atom is 0.142 e. The highest BCUT2D eigenvalue weighted by molar-refractivity contribution is 14.1. The van der Waals surface area contributed by atoms with Crippen molar-refractivity contribution in [2.45, 2.75) is 19.8 Å². The SMILES string of the molecule is CC1CC(CNc2ncncc2I)C1. The van der Waals surface area contributed by atoms with Crippen molar-refractivity contribution in [3.05, 3.63) is 16.1 Å². The van der Waals surface area contributed by atoms with Crippen LogP contribution in [0.2, 0.25) is 0 Å². The van der Waals surface area contributed by atoms with Crippen molar-refractivity contribution >= 4 is 28.4 Å². The minimum atomic E-state index is 0.843. The molecule has 1 fully saturated rings. The van der Waals surface area contributed by atoms with Gasteiger partial charge in [-0.05, 0) is 47.3 Å². The lowest BCUT2D eigenvalue weighted by molar-refractivity contribution is 0.225. The topological polar surface area (TPSA) is 37.8 Å². The Kier molecular flexibility index (Phi) is 3.20. The van der Waals surface area contributed by atoms with Crippen molar-refractivity contribution in [3.63, 3.8) is 0 Å². The van der Waals surface area contributed by atoms with Crippen LogP contribution in [0.5, 0.6) is 0 Å². The Morgan fingerprint density at radius 3 is 3.00 bits per heavy atom. The molecule has 1 N–H and O–H groups in total. The molecule has 0 unspecified atom stereocenters. The second-order valence-electron chi connectivity index (χ2n) is 4.04. The van der Waals surface area contributed by atoms with Crippen LogP contribution in [0.1, 0.15) is 19.8 Å². The zero-order valence-corrected chi connectivity index (χ0v) is 10.4. The van der Waals surface area contributed by atoms with E-state index >= 15 is 0 Å². The molecule has 1 aromatic heterocycles. The molecule has 1 saturated carbocycles. The molecule has 0 saturated heterocycles. The number of anilines is 1. The van der Waals surface area contributed by atoms with Gasteiger partial charge < -0.3 is 5.32 Å². The van der Waals surface area contributed by atoms with Gasteiger partial charge in [-0.1, -0.05) is 6.92 Å². The molecule has 76 valence electrons. The zero-order valence-electron chi connectivity index (χ0n) is 8.20. The Labute approximate surface area is 97.9 Å². The number of nitrogens with one attached hydrogen (secondary N) is 1. The second kappa shape index (κ2) is 4.42. The van der Waals surface area contributed by atoms with Gasteiger partial charge in [0.05, 0.1) is 3.57 Å². The molecule has 0 atom stereocenters. The maximum atomic E-state index is 4.20. The summed E-state index contributed by atoms with van der Waals surface area (Å²) < 4.78 is 1.09. The third-order valence-electron chi connectivity index (χ3n) is 2.70. The zero-order chi connectivity index (χ0) is 9.97. The molecular formula is C10H14IN3. The van der Waals surface area contributed by atoms with Gasteiger partial charge in [-0.25, -0.2) is 9.97 Å². The van der Waals surface area contributed by atoms with Crippen molar-refractivity contribution in [2.75, 3.05) is 11.9 Å². The van der Waals surface area contributed by atoms with Crippen molar-refractivity contribution < 1.29 is 0 Å². The van der Waals surface area contributed by atoms with Crippen molar-refractivity contribution in [2.24, 2.45) is 11.8 Å². The highest BCUT2D eigenvalue weighted by Gasteiger charge is 2.24. The van der Waals surface area contributed by atoms with Crippen molar-refractivity contribution in [3.8, 4) is 0 Å². The molecule has 0 aliphatic heterocycles. The first kappa shape index (κ1) is 10.1. The minimum Gasteiger partial charge on any atom is -0.369 e. The normalized spacial score (nSPS) is 25.6. The summed E-state index contributed by atoms with van der Waals surface area (Å²) >= 11 is 2.25. The molecule has 0 bridgehead atoms. The fraction of sp³-hybridized carbons (Fsp3) is 0.600. The number of rotatable bonds is 3. The fourth-order valence-corrected chi connectivity index (χ4v) is 2.41. The van der Waals surface area contributed by atoms with E-state index in [1.165, 1.54) is 12.8 Å². The number of halogens is 1. The van der Waals surface area contributed by atoms with Crippen LogP contribution in [0.4, 0.5) is 5.82 Å². The van der Waals surface area contributed by atoms with Crippen LogP contribution >= 0.6 is 22.6 Å². The van der Waals surface area contributed by atoms with E-state index in [2.05, 4.69) is 44.8 Å². The largest absolute Gasteiger partial charge is 0.369 e. The maximum absolute atomic E-state index is 4.20. The summed E-state index contributed by atoms with van der Waals surface area (Å²) in [4.78, 5) is 8.16. The molecule has 1 aromatic rings. The Balaban J connectivity index is 1.83. The molecule has 1 heterocycles. The molecule has 3 nitrogen and oxygen atoms in total. The predicted octanol–water partition coefficient (Wildman–Crippen LogP) is 2.54. The standard InChI is InChI=1S/C10H14IN3/c1-7-2-8(3-7)4-13-10-9(11)5-12-6-14-10/h5-8H,2-4H2,1H3,(H,12,13,14). The third-order valence-corrected chi connectivity index (χ3v) is 3.49. The number of aromatic nitrogens is 2. The van der Waals surface area contributed by atoms with Crippen LogP contribution in [0.3, 0.4) is 0 Å². The summed E-state index contributed by atoms with van der Waals surface area (Å²) in [6, 6.07) is 0. The molecule has 4 heteroatoms. The summed E-state index contributed by atoms with van der Waals surface area (Å²) in [7, 11) is 0. The summed E-state index contributed by atoms with van der Waals surface area (Å²) in [6.45, 7) is 3.36. The van der Waals surface area contributed by atoms with Gasteiger partial charge in [0.2, 0.25) is 0 Å². The van der Waals surface area contributed by atoms with E-state index in [1.54, 1.807) is 6.33 Å². The van der Waals surface area contributed by atoms with Crippen LogP contribution in [0.25, 0.3) is 0 Å². The lowest BCUT2D eigenvalue weighted by atomic mass is 9.76. The average molecular weight is 303 g/mol. The molecule has 1 aliphatic rings. The Hall–Kier alpha value is -0.390. The van der Waals surface area contributed by atoms with Crippen LogP contribution < -0.4 is 5.32 Å². The monoisotopic (exact) mass is 303 g/mol. The van der Waals surface area contributed by atoms with Gasteiger partial charge >= 0.3 is 0 Å². The van der Waals surface area contributed by atoms with E-state index in [9.17, 15) is 0 Å². The molecule has 0 radical (unpaired) electrons. The molecule has 1 aliphatic carbocycles. The number of hydrogen-bond acceptors (Lipinski definition) is 3. The van der Waals surface area contributed by atoms with Crippen molar-refractivity contribution in [1.29, 1.82) is 0 Å². The molecule has 0 spiro atoms. The third kappa shape index (κ3) is 2.34. The van der Waals surface area contributed by atoms with Crippen LogP contribution in [0, 0.1) is 15.4 Å². The van der Waals surface area contributed by atoms with E-state index in [1.807, 2.05) is 6.20 Å². The van der Waals surface area contributed by atoms with E-state index in [-0.39, 0.29) is 0 Å². The van der Waals surface area contributed by atoms with Crippen LogP contribution in [-0.2, 0) is 0 Å². The molecule has 0 aromatic carbocycles. The highest BCUT2D eigenvalue weighted by Crippen LogP contribution is 2.33. The van der Waals surface area contributed by atoms with Crippen molar-refractivity contribution in [1.82, 2.24) is 9.97 Å². The lowest BCUT2D eigenvalue weighted by Gasteiger charge is -2.32. The summed E-state index contributed by atoms with van der Waals surface area (Å²) in [5, 5.41) is 3.38. The first-order valence-electron chi connectivity index (χ1n) is 4.95. The van der Waals surface area contributed by atoms with Gasteiger partial charge in [-0.2, -0.15) is 0 Å². The van der Waals surface area contributed by atoms with E-state index < -0.39 is 0 Å². The van der Waals surface area contributed by atoms with E-state index in [0.29, 0.717) is 0 Å². The number of nitrogens with zero attached hydrogens (tertiary/aromatic N) is 2. The quantitative estimate of drug-likeness (QED) is 0.872. The number of hydrogen-bond donors (Lipinski definition) is 1. The van der Waals surface area contributed by atoms with Gasteiger partial charge in [0, 0.05) is 12.7 Å². The summed E-state index contributed by atoms with van der Waals surface area (Å²) in [5.74, 6) is 2.74. The lowest BCUT2D eigenvalue weighted by Crippen LogP contribution is -2.28. The average Bonchev–Trinajstić information content (AvgIpc) is 2.13. The Morgan fingerprint density at radius 2 is 2.36 bits per heavy atom. The summed E-state index contributed by atoms with van der Waals surface area (Å²) in [6.07, 6.45) is 6.14. The van der Waals surface area contributed by atoms with Gasteiger partial charge in [0.25, 0.3) is 0 Å². The van der Waals surface area contributed by atoms with E-state index in [0.717, 1.165) is 27.8 Å². The molecule has 14 heavy (non-hydrogen) atoms. The highest BCUT2D eigenvalue weighted by atomic mass is 127. The van der Waals surface area contributed by atoms with Gasteiger partial charge in [-0.3, -0.25) is 0 Å². The van der Waals surface area contributed by atoms with Gasteiger partial charge in [0.15, 0.2) is 0 Å². The first-order valence-corrected chi connectivity index (χ1v) is 6.03. The molecule has 0 amide bonds. The first-order chi connectivity index (χ1) is 6.75.